The van der Waals surface area contributed by atoms with Gasteiger partial charge in [0.15, 0.2) is 5.54 Å². The maximum absolute atomic E-state index is 13.3. The number of anilines is 1. The van der Waals surface area contributed by atoms with E-state index in [0.717, 1.165) is 4.90 Å². The molecule has 2 aromatic carbocycles. The fraction of sp³-hybridized carbons (Fsp3) is 0.190. The van der Waals surface area contributed by atoms with Gasteiger partial charge in [0.1, 0.15) is 0 Å². The predicted octanol–water partition coefficient (Wildman–Crippen LogP) is 1.63. The van der Waals surface area contributed by atoms with Crippen molar-refractivity contribution in [2.45, 2.75) is 18.9 Å². The zero-order valence-electron chi connectivity index (χ0n) is 16.3. The third-order valence-corrected chi connectivity index (χ3v) is 4.83. The van der Waals surface area contributed by atoms with E-state index in [1.54, 1.807) is 24.3 Å². The number of urea groups is 1. The van der Waals surface area contributed by atoms with Crippen LogP contribution in [-0.2, 0) is 14.3 Å². The molecule has 3 rings (SSSR count). The lowest BCUT2D eigenvalue weighted by Gasteiger charge is -2.39. The monoisotopic (exact) mass is 409 g/mol. The highest BCUT2D eigenvalue weighted by atomic mass is 16.5. The topological polar surface area (TPSA) is 122 Å². The summed E-state index contributed by atoms with van der Waals surface area (Å²) in [5.74, 6) is -3.42. The molecule has 0 aromatic heterocycles. The minimum atomic E-state index is -2.04. The molecule has 2 N–H and O–H groups in total. The number of imide groups is 2. The van der Waals surface area contributed by atoms with Crippen molar-refractivity contribution in [3.05, 3.63) is 65.7 Å². The number of barbiturate groups is 1. The van der Waals surface area contributed by atoms with E-state index < -0.39 is 35.3 Å². The fourth-order valence-corrected chi connectivity index (χ4v) is 3.19. The Morgan fingerprint density at radius 2 is 1.60 bits per heavy atom. The minimum Gasteiger partial charge on any atom is -0.465 e. The Hall–Kier alpha value is -4.01. The Bertz CT molecular complexity index is 1040. The molecular formula is C21H19N3O6. The van der Waals surface area contributed by atoms with Gasteiger partial charge >= 0.3 is 12.0 Å². The molecule has 1 aliphatic rings. The molecule has 0 saturated carbocycles. The summed E-state index contributed by atoms with van der Waals surface area (Å²) < 4.78 is 4.68. The van der Waals surface area contributed by atoms with Crippen LogP contribution in [0.25, 0.3) is 0 Å². The molecule has 9 nitrogen and oxygen atoms in total. The summed E-state index contributed by atoms with van der Waals surface area (Å²) in [5, 5.41) is 4.56. The smallest absolute Gasteiger partial charge is 0.338 e. The lowest BCUT2D eigenvalue weighted by molar-refractivity contribution is -0.137. The summed E-state index contributed by atoms with van der Waals surface area (Å²) in [5.41, 5.74) is -1.89. The van der Waals surface area contributed by atoms with Crippen molar-refractivity contribution in [1.82, 2.24) is 10.6 Å². The maximum atomic E-state index is 13.3. The Kier molecular flexibility index (Phi) is 5.63. The summed E-state index contributed by atoms with van der Waals surface area (Å²) in [7, 11) is 1.17. The number of amides is 5. The number of hydrogen-bond donors (Lipinski definition) is 2. The van der Waals surface area contributed by atoms with Crippen molar-refractivity contribution in [1.29, 1.82) is 0 Å². The lowest BCUT2D eigenvalue weighted by Crippen LogP contribution is -2.74. The van der Waals surface area contributed by atoms with Gasteiger partial charge in [0.05, 0.1) is 23.9 Å². The molecule has 9 heteroatoms. The van der Waals surface area contributed by atoms with Crippen molar-refractivity contribution in [3.63, 3.8) is 0 Å². The van der Waals surface area contributed by atoms with E-state index >= 15 is 0 Å². The molecule has 1 atom stereocenters. The van der Waals surface area contributed by atoms with E-state index in [1.165, 1.54) is 44.4 Å². The number of nitrogens with one attached hydrogen (secondary N) is 2. The Balaban J connectivity index is 2.01. The van der Waals surface area contributed by atoms with Gasteiger partial charge in [-0.2, -0.15) is 0 Å². The van der Waals surface area contributed by atoms with Crippen molar-refractivity contribution in [3.8, 4) is 0 Å². The van der Waals surface area contributed by atoms with Crippen LogP contribution in [0.3, 0.4) is 0 Å². The van der Waals surface area contributed by atoms with Gasteiger partial charge in [-0.3, -0.25) is 19.7 Å². The van der Waals surface area contributed by atoms with E-state index in [4.69, 9.17) is 0 Å². The number of ether oxygens (including phenoxy) is 1. The average molecular weight is 409 g/mol. The highest BCUT2D eigenvalue weighted by molar-refractivity contribution is 6.33. The first kappa shape index (κ1) is 20.7. The highest BCUT2D eigenvalue weighted by Gasteiger charge is 2.54. The van der Waals surface area contributed by atoms with Crippen molar-refractivity contribution in [2.75, 3.05) is 12.0 Å². The van der Waals surface area contributed by atoms with Crippen LogP contribution in [0.4, 0.5) is 10.5 Å². The minimum absolute atomic E-state index is 0.0246. The number of rotatable bonds is 5. The van der Waals surface area contributed by atoms with E-state index in [9.17, 15) is 24.0 Å². The van der Waals surface area contributed by atoms with Gasteiger partial charge in [-0.25, -0.2) is 14.5 Å². The van der Waals surface area contributed by atoms with Gasteiger partial charge in [0, 0.05) is 0 Å². The molecule has 1 aliphatic heterocycles. The summed E-state index contributed by atoms with van der Waals surface area (Å²) in [6.45, 7) is 1.53. The van der Waals surface area contributed by atoms with Gasteiger partial charge in [-0.15, -0.1) is 0 Å². The molecule has 1 saturated heterocycles. The third-order valence-electron chi connectivity index (χ3n) is 4.83. The predicted molar refractivity (Wildman–Crippen MR) is 106 cm³/mol. The van der Waals surface area contributed by atoms with Crippen LogP contribution in [0.2, 0.25) is 0 Å². The molecule has 5 amide bonds. The zero-order chi connectivity index (χ0) is 21.9. The lowest BCUT2D eigenvalue weighted by atomic mass is 9.90. The van der Waals surface area contributed by atoms with Crippen LogP contribution in [0.15, 0.2) is 54.6 Å². The first-order valence-electron chi connectivity index (χ1n) is 9.10. The summed E-state index contributed by atoms with van der Waals surface area (Å²) in [6, 6.07) is 13.0. The van der Waals surface area contributed by atoms with Crippen LogP contribution in [0.5, 0.6) is 0 Å². The molecule has 0 radical (unpaired) electrons. The maximum Gasteiger partial charge on any atom is 0.338 e. The van der Waals surface area contributed by atoms with Gasteiger partial charge in [0.25, 0.3) is 17.7 Å². The first-order valence-corrected chi connectivity index (χ1v) is 9.10. The molecular weight excluding hydrogens is 390 g/mol. The van der Waals surface area contributed by atoms with Crippen LogP contribution in [0.1, 0.15) is 34.1 Å². The van der Waals surface area contributed by atoms with Crippen LogP contribution in [-0.4, -0.2) is 42.4 Å². The Labute approximate surface area is 172 Å². The van der Waals surface area contributed by atoms with Crippen molar-refractivity contribution < 1.29 is 28.7 Å². The average Bonchev–Trinajstić information content (AvgIpc) is 2.76. The number of methoxy groups -OCH3 is 1. The summed E-state index contributed by atoms with van der Waals surface area (Å²) >= 11 is 0. The summed E-state index contributed by atoms with van der Waals surface area (Å²) in [6.07, 6.45) is -0.125. The summed E-state index contributed by atoms with van der Waals surface area (Å²) in [4.78, 5) is 64.1. The van der Waals surface area contributed by atoms with Crippen molar-refractivity contribution >= 4 is 35.4 Å². The SMILES string of the molecule is CCC1(NC(=O)c2ccccc2C(=O)OC)C(=O)NC(=O)N(c2ccccc2)C1=O. The Morgan fingerprint density at radius 1 is 1.00 bits per heavy atom. The number of carbonyl (C=O) groups is 5. The van der Waals surface area contributed by atoms with Crippen LogP contribution < -0.4 is 15.5 Å². The molecule has 154 valence electrons. The Morgan fingerprint density at radius 3 is 2.20 bits per heavy atom. The quantitative estimate of drug-likeness (QED) is 0.572. The van der Waals surface area contributed by atoms with Crippen molar-refractivity contribution in [2.24, 2.45) is 0 Å². The molecule has 0 bridgehead atoms. The zero-order valence-corrected chi connectivity index (χ0v) is 16.3. The van der Waals surface area contributed by atoms with Gasteiger partial charge in [-0.05, 0) is 30.7 Å². The molecule has 30 heavy (non-hydrogen) atoms. The molecule has 0 spiro atoms. The standard InChI is InChI=1S/C21H19N3O6/c1-3-21(23-16(25)14-11-7-8-12-15(14)17(26)30-2)18(27)22-20(29)24(19(21)28)13-9-5-4-6-10-13/h4-12H,3H2,1-2H3,(H,23,25)(H,22,27,29). The fourth-order valence-electron chi connectivity index (χ4n) is 3.19. The van der Waals surface area contributed by atoms with E-state index in [0.29, 0.717) is 0 Å². The normalized spacial score (nSPS) is 18.6. The van der Waals surface area contributed by atoms with Crippen LogP contribution >= 0.6 is 0 Å². The molecule has 1 unspecified atom stereocenters. The molecule has 1 fully saturated rings. The second-order valence-electron chi connectivity index (χ2n) is 6.49. The number of para-hydroxylation sites is 1. The second kappa shape index (κ2) is 8.16. The highest BCUT2D eigenvalue weighted by Crippen LogP contribution is 2.26. The van der Waals surface area contributed by atoms with E-state index in [-0.39, 0.29) is 23.2 Å². The van der Waals surface area contributed by atoms with Crippen LogP contribution in [0, 0.1) is 0 Å². The number of hydrogen-bond acceptors (Lipinski definition) is 6. The number of esters is 1. The van der Waals surface area contributed by atoms with E-state index in [2.05, 4.69) is 15.4 Å². The number of carbonyl (C=O) groups excluding carboxylic acids is 5. The third kappa shape index (κ3) is 3.41. The second-order valence-corrected chi connectivity index (χ2v) is 6.49. The largest absolute Gasteiger partial charge is 0.465 e. The van der Waals surface area contributed by atoms with Gasteiger partial charge in [-0.1, -0.05) is 37.3 Å². The van der Waals surface area contributed by atoms with Gasteiger partial charge in [0.2, 0.25) is 0 Å². The van der Waals surface area contributed by atoms with E-state index in [1.807, 2.05) is 0 Å². The first-order chi connectivity index (χ1) is 14.4. The molecule has 0 aliphatic carbocycles. The number of nitrogens with zero attached hydrogens (tertiary/aromatic N) is 1. The molecule has 1 heterocycles. The number of benzene rings is 2. The molecule has 2 aromatic rings. The van der Waals surface area contributed by atoms with Gasteiger partial charge < -0.3 is 10.1 Å².